The molecule has 0 amide bonds. The summed E-state index contributed by atoms with van der Waals surface area (Å²) >= 11 is 0. The SMILES string of the molecule is O=C(O)CN(CCNc1ccccc1N=P(c1ccccc1)(c1ccccc1)c1ccccc1)CC(=O)O. The minimum absolute atomic E-state index is 0.253. The molecule has 8 heteroatoms. The molecular weight excluding hydrogens is 497 g/mol. The molecule has 0 bridgehead atoms. The van der Waals surface area contributed by atoms with E-state index in [2.05, 4.69) is 41.7 Å². The maximum absolute atomic E-state index is 11.2. The zero-order valence-electron chi connectivity index (χ0n) is 20.9. The zero-order chi connectivity index (χ0) is 26.8. The number of anilines is 1. The first-order valence-corrected chi connectivity index (χ1v) is 14.0. The lowest BCUT2D eigenvalue weighted by Crippen LogP contribution is -2.37. The summed E-state index contributed by atoms with van der Waals surface area (Å²) in [5, 5.41) is 25.0. The number of rotatable bonds is 12. The van der Waals surface area contributed by atoms with Crippen LogP contribution in [0, 0.1) is 0 Å². The van der Waals surface area contributed by atoms with Crippen LogP contribution in [0.5, 0.6) is 0 Å². The predicted octanol–water partition coefficient (Wildman–Crippen LogP) is 4.38. The van der Waals surface area contributed by atoms with Crippen LogP contribution in [0.15, 0.2) is 120 Å². The molecule has 0 unspecified atom stereocenters. The van der Waals surface area contributed by atoms with Crippen molar-refractivity contribution in [2.45, 2.75) is 0 Å². The Morgan fingerprint density at radius 3 is 1.53 bits per heavy atom. The Labute approximate surface area is 222 Å². The quantitative estimate of drug-likeness (QED) is 0.237. The molecule has 0 aromatic heterocycles. The van der Waals surface area contributed by atoms with Gasteiger partial charge in [-0.3, -0.25) is 19.2 Å². The van der Waals surface area contributed by atoms with Gasteiger partial charge in [-0.05, 0) is 12.1 Å². The number of carbonyl (C=O) groups is 2. The summed E-state index contributed by atoms with van der Waals surface area (Å²) in [6.07, 6.45) is 0. The maximum atomic E-state index is 11.2. The highest BCUT2D eigenvalue weighted by Gasteiger charge is 2.27. The third kappa shape index (κ3) is 6.57. The lowest BCUT2D eigenvalue weighted by molar-refractivity contribution is -0.141. The normalized spacial score (nSPS) is 11.2. The van der Waals surface area contributed by atoms with E-state index in [4.69, 9.17) is 15.0 Å². The van der Waals surface area contributed by atoms with Gasteiger partial charge in [0, 0.05) is 29.0 Å². The molecule has 4 rings (SSSR count). The summed E-state index contributed by atoms with van der Waals surface area (Å²) in [5.74, 6) is -2.13. The maximum Gasteiger partial charge on any atom is 0.317 e. The Hall–Kier alpha value is -4.19. The second-order valence-electron chi connectivity index (χ2n) is 8.68. The van der Waals surface area contributed by atoms with Crippen molar-refractivity contribution in [1.82, 2.24) is 4.90 Å². The lowest BCUT2D eigenvalue weighted by Gasteiger charge is -2.27. The number of aliphatic carboxylic acids is 2. The molecule has 0 aliphatic rings. The Balaban J connectivity index is 1.80. The van der Waals surface area contributed by atoms with E-state index in [0.717, 1.165) is 27.3 Å². The van der Waals surface area contributed by atoms with Crippen molar-refractivity contribution in [3.8, 4) is 0 Å². The van der Waals surface area contributed by atoms with Crippen LogP contribution in [0.2, 0.25) is 0 Å². The minimum Gasteiger partial charge on any atom is -0.480 e. The fraction of sp³-hybridized carbons (Fsp3) is 0.133. The van der Waals surface area contributed by atoms with Crippen LogP contribution in [0.3, 0.4) is 0 Å². The smallest absolute Gasteiger partial charge is 0.317 e. The summed E-state index contributed by atoms with van der Waals surface area (Å²) in [5.41, 5.74) is 1.57. The van der Waals surface area contributed by atoms with Crippen molar-refractivity contribution in [3.63, 3.8) is 0 Å². The molecule has 3 N–H and O–H groups in total. The highest BCUT2D eigenvalue weighted by molar-refractivity contribution is 7.87. The van der Waals surface area contributed by atoms with Crippen LogP contribution in [0.25, 0.3) is 0 Å². The Morgan fingerprint density at radius 2 is 1.08 bits per heavy atom. The van der Waals surface area contributed by atoms with E-state index in [1.165, 1.54) is 4.90 Å². The zero-order valence-corrected chi connectivity index (χ0v) is 21.7. The van der Waals surface area contributed by atoms with Gasteiger partial charge >= 0.3 is 11.9 Å². The fourth-order valence-corrected chi connectivity index (χ4v) is 7.92. The van der Waals surface area contributed by atoms with E-state index >= 15 is 0 Å². The van der Waals surface area contributed by atoms with E-state index in [1.807, 2.05) is 78.9 Å². The van der Waals surface area contributed by atoms with Crippen LogP contribution in [0.1, 0.15) is 0 Å². The number of para-hydroxylation sites is 1. The van der Waals surface area contributed by atoms with Crippen LogP contribution in [-0.4, -0.2) is 53.2 Å². The first kappa shape index (κ1) is 26.9. The number of hydrogen-bond donors (Lipinski definition) is 3. The van der Waals surface area contributed by atoms with Gasteiger partial charge in [0.1, 0.15) is 0 Å². The highest BCUT2D eigenvalue weighted by atomic mass is 31.2. The van der Waals surface area contributed by atoms with Crippen LogP contribution < -0.4 is 21.2 Å². The summed E-state index contributed by atoms with van der Waals surface area (Å²) in [6, 6.07) is 38.8. The molecule has 0 saturated carbocycles. The summed E-state index contributed by atoms with van der Waals surface area (Å²) in [6.45, 7) is -0.0703. The van der Waals surface area contributed by atoms with Crippen molar-refractivity contribution >= 4 is 46.3 Å². The average molecular weight is 528 g/mol. The largest absolute Gasteiger partial charge is 0.480 e. The molecule has 38 heavy (non-hydrogen) atoms. The van der Waals surface area contributed by atoms with Crippen LogP contribution >= 0.6 is 7.05 Å². The highest BCUT2D eigenvalue weighted by Crippen LogP contribution is 2.50. The second kappa shape index (κ2) is 12.9. The Kier molecular flexibility index (Phi) is 9.09. The number of carboxylic acids is 2. The molecular formula is C30H30N3O4P. The van der Waals surface area contributed by atoms with Crippen molar-refractivity contribution in [3.05, 3.63) is 115 Å². The predicted molar refractivity (Wildman–Crippen MR) is 154 cm³/mol. The number of hydrogen-bond acceptors (Lipinski definition) is 5. The van der Waals surface area contributed by atoms with E-state index in [1.54, 1.807) is 0 Å². The molecule has 7 nitrogen and oxygen atoms in total. The molecule has 0 atom stereocenters. The van der Waals surface area contributed by atoms with Crippen LogP contribution in [-0.2, 0) is 9.59 Å². The summed E-state index contributed by atoms with van der Waals surface area (Å²) in [7, 11) is -2.47. The topological polar surface area (TPSA) is 102 Å². The molecule has 0 aliphatic carbocycles. The summed E-state index contributed by atoms with van der Waals surface area (Å²) in [4.78, 5) is 23.7. The first-order valence-electron chi connectivity index (χ1n) is 12.3. The fourth-order valence-electron chi connectivity index (χ4n) is 4.37. The molecule has 194 valence electrons. The number of nitrogens with one attached hydrogen (secondary N) is 1. The minimum atomic E-state index is -2.47. The molecule has 0 spiro atoms. The number of carboxylic acid groups (broad SMARTS) is 2. The average Bonchev–Trinajstić information content (AvgIpc) is 2.93. The van der Waals surface area contributed by atoms with Gasteiger partial charge < -0.3 is 15.5 Å². The van der Waals surface area contributed by atoms with Crippen LogP contribution in [0.4, 0.5) is 11.4 Å². The van der Waals surface area contributed by atoms with E-state index < -0.39 is 19.0 Å². The van der Waals surface area contributed by atoms with E-state index in [9.17, 15) is 9.59 Å². The Bertz CT molecular complexity index is 1290. The standard InChI is InChI=1S/C30H30N3O4P/c34-29(35)22-33(23-30(36)37)21-20-31-27-18-10-11-19-28(27)32-38(24-12-4-1-5-13-24,25-14-6-2-7-15-25)26-16-8-3-9-17-26/h1-19,31H,20-23H2,(H,34,35)(H,36,37). The van der Waals surface area contributed by atoms with Gasteiger partial charge in [0.15, 0.2) is 0 Å². The van der Waals surface area contributed by atoms with Gasteiger partial charge in [0.2, 0.25) is 0 Å². The van der Waals surface area contributed by atoms with Crippen molar-refractivity contribution in [2.75, 3.05) is 31.5 Å². The van der Waals surface area contributed by atoms with Gasteiger partial charge in [0.25, 0.3) is 0 Å². The molecule has 0 radical (unpaired) electrons. The molecule has 0 saturated heterocycles. The van der Waals surface area contributed by atoms with Gasteiger partial charge in [-0.1, -0.05) is 103 Å². The summed E-state index contributed by atoms with van der Waals surface area (Å²) < 4.78 is 5.54. The number of benzene rings is 4. The third-order valence-corrected chi connectivity index (χ3v) is 9.66. The van der Waals surface area contributed by atoms with Gasteiger partial charge in [0.05, 0.1) is 31.5 Å². The monoisotopic (exact) mass is 527 g/mol. The number of nitrogens with zero attached hydrogens (tertiary/aromatic N) is 2. The van der Waals surface area contributed by atoms with Crippen molar-refractivity contribution in [1.29, 1.82) is 0 Å². The van der Waals surface area contributed by atoms with Gasteiger partial charge in [-0.2, -0.15) is 0 Å². The lowest BCUT2D eigenvalue weighted by atomic mass is 10.2. The molecule has 4 aromatic rings. The Morgan fingerprint density at radius 1 is 0.658 bits per heavy atom. The van der Waals surface area contributed by atoms with Crippen molar-refractivity contribution in [2.24, 2.45) is 4.74 Å². The molecule has 4 aromatic carbocycles. The van der Waals surface area contributed by atoms with E-state index in [0.29, 0.717) is 6.54 Å². The van der Waals surface area contributed by atoms with Crippen molar-refractivity contribution < 1.29 is 19.8 Å². The molecule has 0 aliphatic heterocycles. The van der Waals surface area contributed by atoms with Gasteiger partial charge in [-0.25, -0.2) is 0 Å². The second-order valence-corrected chi connectivity index (χ2v) is 11.7. The third-order valence-electron chi connectivity index (χ3n) is 6.01. The van der Waals surface area contributed by atoms with E-state index in [-0.39, 0.29) is 19.6 Å². The molecule has 0 heterocycles. The first-order chi connectivity index (χ1) is 18.5. The van der Waals surface area contributed by atoms with Gasteiger partial charge in [-0.15, -0.1) is 0 Å². The molecule has 0 fully saturated rings.